The van der Waals surface area contributed by atoms with Gasteiger partial charge < -0.3 is 10.1 Å². The fraction of sp³-hybridized carbons (Fsp3) is 0.286. The van der Waals surface area contributed by atoms with Gasteiger partial charge in [0.25, 0.3) is 0 Å². The molecule has 2 aromatic carbocycles. The van der Waals surface area contributed by atoms with Gasteiger partial charge in [-0.05, 0) is 37.6 Å². The van der Waals surface area contributed by atoms with Crippen LogP contribution in [-0.4, -0.2) is 24.3 Å². The van der Waals surface area contributed by atoms with Crippen LogP contribution in [0.15, 0.2) is 42.5 Å². The molecule has 0 aromatic heterocycles. The summed E-state index contributed by atoms with van der Waals surface area (Å²) in [6.45, 7) is 3.81. The molecule has 1 fully saturated rings. The van der Waals surface area contributed by atoms with Crippen molar-refractivity contribution in [1.29, 1.82) is 0 Å². The second kappa shape index (κ2) is 6.20. The molecule has 0 saturated heterocycles. The second-order valence-corrected chi connectivity index (χ2v) is 7.39. The van der Waals surface area contributed by atoms with Crippen LogP contribution in [0.1, 0.15) is 28.4 Å². The van der Waals surface area contributed by atoms with Gasteiger partial charge in [0, 0.05) is 16.3 Å². The molecule has 0 bridgehead atoms. The van der Waals surface area contributed by atoms with Crippen molar-refractivity contribution >= 4 is 34.9 Å². The lowest BCUT2D eigenvalue weighted by Gasteiger charge is -2.09. The summed E-state index contributed by atoms with van der Waals surface area (Å²) in [5, 5.41) is 3.24. The molecule has 27 heavy (non-hydrogen) atoms. The zero-order valence-electron chi connectivity index (χ0n) is 14.9. The summed E-state index contributed by atoms with van der Waals surface area (Å²) in [5.41, 5.74) is 1.41. The van der Waals surface area contributed by atoms with Crippen LogP contribution in [0.5, 0.6) is 0 Å². The number of ether oxygens (including phenoxy) is 1. The molecular formula is C21H18ClNO4. The normalized spacial score (nSPS) is 25.1. The van der Waals surface area contributed by atoms with Crippen LogP contribution in [-0.2, 0) is 19.7 Å². The number of benzene rings is 2. The Balaban J connectivity index is 1.82. The van der Waals surface area contributed by atoms with E-state index in [1.807, 2.05) is 19.1 Å². The summed E-state index contributed by atoms with van der Waals surface area (Å²) in [4.78, 5) is 38.8. The maximum Gasteiger partial charge on any atom is 0.311 e. The second-order valence-electron chi connectivity index (χ2n) is 6.95. The molecule has 1 N–H and O–H groups in total. The molecule has 138 valence electrons. The number of fused-ring (bicyclic) bond motifs is 2. The first kappa shape index (κ1) is 17.7. The number of anilines is 1. The lowest BCUT2D eigenvalue weighted by molar-refractivity contribution is -0.146. The lowest BCUT2D eigenvalue weighted by atomic mass is 9.91. The molecule has 3 atom stereocenters. The van der Waals surface area contributed by atoms with E-state index < -0.39 is 23.2 Å². The van der Waals surface area contributed by atoms with Crippen molar-refractivity contribution in [2.24, 2.45) is 11.8 Å². The first-order valence-corrected chi connectivity index (χ1v) is 9.18. The molecule has 1 aliphatic heterocycles. The topological polar surface area (TPSA) is 72.5 Å². The number of rotatable bonds is 4. The molecule has 1 spiro atoms. The van der Waals surface area contributed by atoms with Gasteiger partial charge in [-0.3, -0.25) is 14.4 Å². The number of amides is 1. The van der Waals surface area contributed by atoms with Crippen molar-refractivity contribution in [3.05, 3.63) is 64.2 Å². The van der Waals surface area contributed by atoms with Crippen molar-refractivity contribution in [2.75, 3.05) is 11.9 Å². The molecule has 6 heteroatoms. The van der Waals surface area contributed by atoms with Gasteiger partial charge in [-0.2, -0.15) is 0 Å². The first-order chi connectivity index (χ1) is 12.9. The third kappa shape index (κ3) is 2.49. The Morgan fingerprint density at radius 2 is 1.85 bits per heavy atom. The highest BCUT2D eigenvalue weighted by molar-refractivity contribution is 6.31. The van der Waals surface area contributed by atoms with Gasteiger partial charge in [-0.25, -0.2) is 0 Å². The fourth-order valence-electron chi connectivity index (χ4n) is 4.13. The van der Waals surface area contributed by atoms with Crippen LogP contribution in [0.4, 0.5) is 5.69 Å². The molecule has 2 aromatic rings. The minimum atomic E-state index is -1.26. The fourth-order valence-corrected chi connectivity index (χ4v) is 4.30. The Morgan fingerprint density at radius 3 is 2.52 bits per heavy atom. The van der Waals surface area contributed by atoms with Crippen LogP contribution in [0, 0.1) is 18.8 Å². The number of hydrogen-bond acceptors (Lipinski definition) is 4. The Kier molecular flexibility index (Phi) is 4.07. The zero-order chi connectivity index (χ0) is 19.3. The summed E-state index contributed by atoms with van der Waals surface area (Å²) < 4.78 is 5.18. The molecule has 2 aliphatic rings. The van der Waals surface area contributed by atoms with E-state index in [4.69, 9.17) is 16.3 Å². The molecule has 0 radical (unpaired) electrons. The van der Waals surface area contributed by atoms with E-state index in [-0.39, 0.29) is 18.3 Å². The quantitative estimate of drug-likeness (QED) is 0.647. The van der Waals surface area contributed by atoms with Crippen LogP contribution >= 0.6 is 11.6 Å². The Labute approximate surface area is 161 Å². The predicted molar refractivity (Wildman–Crippen MR) is 101 cm³/mol. The summed E-state index contributed by atoms with van der Waals surface area (Å²) in [6.07, 6.45) is 0. The van der Waals surface area contributed by atoms with E-state index in [9.17, 15) is 14.4 Å². The van der Waals surface area contributed by atoms with Crippen LogP contribution in [0.25, 0.3) is 0 Å². The average Bonchev–Trinajstić information content (AvgIpc) is 3.26. The van der Waals surface area contributed by atoms with E-state index >= 15 is 0 Å². The van der Waals surface area contributed by atoms with Crippen LogP contribution in [0.2, 0.25) is 5.02 Å². The van der Waals surface area contributed by atoms with Crippen molar-refractivity contribution in [2.45, 2.75) is 19.3 Å². The number of carbonyl (C=O) groups is 3. The maximum absolute atomic E-state index is 13.2. The first-order valence-electron chi connectivity index (χ1n) is 8.80. The molecule has 5 nitrogen and oxygen atoms in total. The van der Waals surface area contributed by atoms with Crippen LogP contribution in [0.3, 0.4) is 0 Å². The molecule has 1 aliphatic carbocycles. The summed E-state index contributed by atoms with van der Waals surface area (Å²) >= 11 is 6.14. The molecule has 1 amide bonds. The minimum absolute atomic E-state index is 0.181. The number of nitrogens with one attached hydrogen (secondary N) is 1. The molecule has 0 unspecified atom stereocenters. The van der Waals surface area contributed by atoms with E-state index in [1.54, 1.807) is 37.3 Å². The van der Waals surface area contributed by atoms with Crippen molar-refractivity contribution in [3.63, 3.8) is 0 Å². The van der Waals surface area contributed by atoms with Crippen LogP contribution < -0.4 is 5.32 Å². The number of carbonyl (C=O) groups excluding carboxylic acids is 3. The van der Waals surface area contributed by atoms with Gasteiger partial charge in [0.05, 0.1) is 18.4 Å². The molecular weight excluding hydrogens is 366 g/mol. The largest absolute Gasteiger partial charge is 0.466 e. The highest BCUT2D eigenvalue weighted by Crippen LogP contribution is 2.66. The number of aryl methyl sites for hydroxylation is 1. The number of ketones is 1. The highest BCUT2D eigenvalue weighted by Gasteiger charge is 2.79. The average molecular weight is 384 g/mol. The van der Waals surface area contributed by atoms with Gasteiger partial charge in [-0.15, -0.1) is 0 Å². The molecule has 1 saturated carbocycles. The minimum Gasteiger partial charge on any atom is -0.466 e. The number of hydrogen-bond donors (Lipinski definition) is 1. The molecule has 1 heterocycles. The smallest absolute Gasteiger partial charge is 0.311 e. The van der Waals surface area contributed by atoms with Gasteiger partial charge in [0.1, 0.15) is 5.41 Å². The standard InChI is InChI=1S/C21H18ClNO4/c1-3-27-19(25)17-16(18(24)12-6-4-11(2)5-7-12)21(17)14-10-13(22)8-9-15(14)23-20(21)26/h4-10,16-17H,3H2,1-2H3,(H,23,26)/t16-,17-,21+/m1/s1. The van der Waals surface area contributed by atoms with Crippen molar-refractivity contribution < 1.29 is 19.1 Å². The molecule has 4 rings (SSSR count). The lowest BCUT2D eigenvalue weighted by Crippen LogP contribution is -2.26. The summed E-state index contributed by atoms with van der Waals surface area (Å²) in [6, 6.07) is 12.1. The monoisotopic (exact) mass is 383 g/mol. The van der Waals surface area contributed by atoms with E-state index in [0.717, 1.165) is 5.56 Å². The third-order valence-electron chi connectivity index (χ3n) is 5.42. The zero-order valence-corrected chi connectivity index (χ0v) is 15.7. The third-order valence-corrected chi connectivity index (χ3v) is 5.65. The summed E-state index contributed by atoms with van der Waals surface area (Å²) in [5.74, 6) is -2.80. The van der Waals surface area contributed by atoms with E-state index in [1.165, 1.54) is 0 Å². The SMILES string of the molecule is CCOC(=O)[C@H]1[C@H](C(=O)c2ccc(C)cc2)[C@]12C(=O)Nc1ccc(Cl)cc12. The van der Waals surface area contributed by atoms with Crippen molar-refractivity contribution in [1.82, 2.24) is 0 Å². The predicted octanol–water partition coefficient (Wildman–Crippen LogP) is 3.53. The Morgan fingerprint density at radius 1 is 1.15 bits per heavy atom. The number of halogens is 1. The summed E-state index contributed by atoms with van der Waals surface area (Å²) in [7, 11) is 0. The van der Waals surface area contributed by atoms with Gasteiger partial charge >= 0.3 is 5.97 Å². The maximum atomic E-state index is 13.2. The van der Waals surface area contributed by atoms with Gasteiger partial charge in [-0.1, -0.05) is 41.4 Å². The van der Waals surface area contributed by atoms with Gasteiger partial charge in [0.15, 0.2) is 5.78 Å². The van der Waals surface area contributed by atoms with Gasteiger partial charge in [0.2, 0.25) is 5.91 Å². The van der Waals surface area contributed by atoms with E-state index in [0.29, 0.717) is 21.8 Å². The Bertz CT molecular complexity index is 969. The Hall–Kier alpha value is -2.66. The highest BCUT2D eigenvalue weighted by atomic mass is 35.5. The number of esters is 1. The number of Topliss-reactive ketones (excluding diaryl/α,β-unsaturated/α-hetero) is 1. The van der Waals surface area contributed by atoms with E-state index in [2.05, 4.69) is 5.32 Å². The van der Waals surface area contributed by atoms with Crippen molar-refractivity contribution in [3.8, 4) is 0 Å².